The number of nitrogen functional groups attached to an aromatic ring is 1. The summed E-state index contributed by atoms with van der Waals surface area (Å²) in [5, 5.41) is 4.10. The molecule has 0 aromatic carbocycles. The third-order valence-corrected chi connectivity index (χ3v) is 3.95. The van der Waals surface area contributed by atoms with Crippen LogP contribution in [0.2, 0.25) is 0 Å². The molecular formula is C12H14N4S. The van der Waals surface area contributed by atoms with Crippen LogP contribution in [0.5, 0.6) is 0 Å². The molecule has 0 spiro atoms. The Morgan fingerprint density at radius 1 is 1.41 bits per heavy atom. The van der Waals surface area contributed by atoms with Crippen molar-refractivity contribution in [3.8, 4) is 0 Å². The summed E-state index contributed by atoms with van der Waals surface area (Å²) in [4.78, 5) is 10.2. The van der Waals surface area contributed by atoms with Crippen molar-refractivity contribution in [3.05, 3.63) is 28.4 Å². The molecule has 0 fully saturated rings. The molecule has 0 bridgehead atoms. The van der Waals surface area contributed by atoms with Gasteiger partial charge in [0.25, 0.3) is 0 Å². The van der Waals surface area contributed by atoms with Gasteiger partial charge in [0.2, 0.25) is 0 Å². The topological polar surface area (TPSA) is 63.8 Å². The Morgan fingerprint density at radius 3 is 3.06 bits per heavy atom. The number of rotatable bonds is 2. The van der Waals surface area contributed by atoms with Crippen LogP contribution in [0.4, 0.5) is 16.6 Å². The van der Waals surface area contributed by atoms with E-state index in [0.717, 1.165) is 23.5 Å². The SMILES string of the molecule is Cc1cnc(Nc2nc3c(s2)CCC3)c(N)c1. The molecule has 4 nitrogen and oxygen atoms in total. The van der Waals surface area contributed by atoms with Gasteiger partial charge in [0.1, 0.15) is 0 Å². The fraction of sp³-hybridized carbons (Fsp3) is 0.333. The van der Waals surface area contributed by atoms with Crippen molar-refractivity contribution >= 4 is 28.0 Å². The van der Waals surface area contributed by atoms with Crippen molar-refractivity contribution in [2.45, 2.75) is 26.2 Å². The van der Waals surface area contributed by atoms with Crippen LogP contribution in [0, 0.1) is 6.92 Å². The van der Waals surface area contributed by atoms with Gasteiger partial charge in [0.15, 0.2) is 10.9 Å². The number of hydrogen-bond acceptors (Lipinski definition) is 5. The molecule has 0 unspecified atom stereocenters. The van der Waals surface area contributed by atoms with Gasteiger partial charge in [0.05, 0.1) is 11.4 Å². The molecule has 88 valence electrons. The number of nitrogens with two attached hydrogens (primary N) is 1. The molecule has 0 radical (unpaired) electrons. The number of aromatic nitrogens is 2. The molecule has 3 rings (SSSR count). The van der Waals surface area contributed by atoms with Crippen molar-refractivity contribution in [3.63, 3.8) is 0 Å². The summed E-state index contributed by atoms with van der Waals surface area (Å²) in [7, 11) is 0. The maximum atomic E-state index is 5.91. The second kappa shape index (κ2) is 4.00. The smallest absolute Gasteiger partial charge is 0.188 e. The molecule has 2 aromatic heterocycles. The summed E-state index contributed by atoms with van der Waals surface area (Å²) in [6.45, 7) is 1.98. The van der Waals surface area contributed by atoms with E-state index >= 15 is 0 Å². The van der Waals surface area contributed by atoms with Gasteiger partial charge >= 0.3 is 0 Å². The highest BCUT2D eigenvalue weighted by atomic mass is 32.1. The van der Waals surface area contributed by atoms with Crippen LogP contribution in [0.1, 0.15) is 22.6 Å². The Morgan fingerprint density at radius 2 is 2.29 bits per heavy atom. The second-order valence-electron chi connectivity index (χ2n) is 4.32. The molecular weight excluding hydrogens is 232 g/mol. The van der Waals surface area contributed by atoms with E-state index in [4.69, 9.17) is 5.73 Å². The molecule has 2 heterocycles. The van der Waals surface area contributed by atoms with Gasteiger partial charge in [-0.3, -0.25) is 0 Å². The van der Waals surface area contributed by atoms with Crippen LogP contribution in [-0.2, 0) is 12.8 Å². The molecule has 5 heteroatoms. The Labute approximate surface area is 104 Å². The Hall–Kier alpha value is -1.62. The van der Waals surface area contributed by atoms with Crippen molar-refractivity contribution in [1.29, 1.82) is 0 Å². The minimum Gasteiger partial charge on any atom is -0.396 e. The predicted octanol–water partition coefficient (Wildman–Crippen LogP) is 2.66. The molecule has 0 amide bonds. The second-order valence-corrected chi connectivity index (χ2v) is 5.40. The first kappa shape index (κ1) is 10.5. The third kappa shape index (κ3) is 1.98. The molecule has 3 N–H and O–H groups in total. The van der Waals surface area contributed by atoms with Crippen LogP contribution >= 0.6 is 11.3 Å². The fourth-order valence-electron chi connectivity index (χ4n) is 2.04. The largest absolute Gasteiger partial charge is 0.396 e. The first-order chi connectivity index (χ1) is 8.22. The molecule has 0 aliphatic heterocycles. The average molecular weight is 246 g/mol. The van der Waals surface area contributed by atoms with Crippen molar-refractivity contribution in [1.82, 2.24) is 9.97 Å². The number of hydrogen-bond donors (Lipinski definition) is 2. The highest BCUT2D eigenvalue weighted by Gasteiger charge is 2.17. The monoisotopic (exact) mass is 246 g/mol. The van der Waals surface area contributed by atoms with Crippen LogP contribution < -0.4 is 11.1 Å². The van der Waals surface area contributed by atoms with Crippen LogP contribution in [-0.4, -0.2) is 9.97 Å². The number of aryl methyl sites for hydroxylation is 3. The number of fused-ring (bicyclic) bond motifs is 1. The molecule has 1 aliphatic carbocycles. The summed E-state index contributed by atoms with van der Waals surface area (Å²) in [6.07, 6.45) is 5.30. The highest BCUT2D eigenvalue weighted by Crippen LogP contribution is 2.32. The summed E-state index contributed by atoms with van der Waals surface area (Å²) in [6, 6.07) is 1.91. The van der Waals surface area contributed by atoms with Crippen LogP contribution in [0.3, 0.4) is 0 Å². The Bertz CT molecular complexity index is 540. The number of pyridine rings is 1. The fourth-order valence-corrected chi connectivity index (χ4v) is 3.09. The Balaban J connectivity index is 1.86. The van der Waals surface area contributed by atoms with Crippen LogP contribution in [0.25, 0.3) is 0 Å². The van der Waals surface area contributed by atoms with E-state index < -0.39 is 0 Å². The van der Waals surface area contributed by atoms with E-state index in [1.54, 1.807) is 17.5 Å². The van der Waals surface area contributed by atoms with Gasteiger partial charge in [-0.15, -0.1) is 11.3 Å². The van der Waals surface area contributed by atoms with Gasteiger partial charge in [-0.05, 0) is 37.8 Å². The standard InChI is InChI=1S/C12H14N4S/c1-7-5-8(13)11(14-6-7)16-12-15-9-3-2-4-10(9)17-12/h5-6H,2-4,13H2,1H3,(H,14,15,16). The van der Waals surface area contributed by atoms with E-state index in [1.165, 1.54) is 17.0 Å². The minimum atomic E-state index is 0.667. The zero-order chi connectivity index (χ0) is 11.8. The predicted molar refractivity (Wildman–Crippen MR) is 70.8 cm³/mol. The van der Waals surface area contributed by atoms with E-state index in [1.807, 2.05) is 13.0 Å². The molecule has 0 saturated carbocycles. The minimum absolute atomic E-state index is 0.667. The first-order valence-corrected chi connectivity index (χ1v) is 6.52. The van der Waals surface area contributed by atoms with Gasteiger partial charge in [-0.1, -0.05) is 0 Å². The van der Waals surface area contributed by atoms with E-state index in [-0.39, 0.29) is 0 Å². The summed E-state index contributed by atoms with van der Waals surface area (Å²) >= 11 is 1.71. The van der Waals surface area contributed by atoms with Gasteiger partial charge < -0.3 is 11.1 Å². The summed E-state index contributed by atoms with van der Waals surface area (Å²) in [5.41, 5.74) is 8.88. The van der Waals surface area contributed by atoms with E-state index in [9.17, 15) is 0 Å². The van der Waals surface area contributed by atoms with E-state index in [2.05, 4.69) is 15.3 Å². The maximum Gasteiger partial charge on any atom is 0.188 e. The van der Waals surface area contributed by atoms with Gasteiger partial charge in [-0.2, -0.15) is 0 Å². The van der Waals surface area contributed by atoms with Crippen molar-refractivity contribution < 1.29 is 0 Å². The lowest BCUT2D eigenvalue weighted by molar-refractivity contribution is 0.900. The lowest BCUT2D eigenvalue weighted by atomic mass is 10.3. The lowest BCUT2D eigenvalue weighted by Gasteiger charge is -2.05. The zero-order valence-corrected chi connectivity index (χ0v) is 10.5. The molecule has 2 aromatic rings. The summed E-state index contributed by atoms with van der Waals surface area (Å²) in [5.74, 6) is 0.697. The summed E-state index contributed by atoms with van der Waals surface area (Å²) < 4.78 is 0. The third-order valence-electron chi connectivity index (χ3n) is 2.87. The van der Waals surface area contributed by atoms with Crippen molar-refractivity contribution in [2.24, 2.45) is 0 Å². The van der Waals surface area contributed by atoms with Gasteiger partial charge in [0, 0.05) is 11.1 Å². The highest BCUT2D eigenvalue weighted by molar-refractivity contribution is 7.15. The zero-order valence-electron chi connectivity index (χ0n) is 9.66. The van der Waals surface area contributed by atoms with Crippen molar-refractivity contribution in [2.75, 3.05) is 11.1 Å². The number of thiazole rings is 1. The van der Waals surface area contributed by atoms with Gasteiger partial charge in [-0.25, -0.2) is 9.97 Å². The normalized spacial score (nSPS) is 13.7. The maximum absolute atomic E-state index is 5.91. The Kier molecular flexibility index (Phi) is 2.48. The first-order valence-electron chi connectivity index (χ1n) is 5.70. The average Bonchev–Trinajstić information content (AvgIpc) is 2.82. The lowest BCUT2D eigenvalue weighted by Crippen LogP contribution is -1.99. The van der Waals surface area contributed by atoms with Crippen LogP contribution in [0.15, 0.2) is 12.3 Å². The molecule has 0 atom stereocenters. The number of nitrogens with one attached hydrogen (secondary N) is 1. The number of nitrogens with zero attached hydrogens (tertiary/aromatic N) is 2. The van der Waals surface area contributed by atoms with E-state index in [0.29, 0.717) is 11.5 Å². The number of anilines is 3. The molecule has 0 saturated heterocycles. The molecule has 17 heavy (non-hydrogen) atoms. The molecule has 1 aliphatic rings. The quantitative estimate of drug-likeness (QED) is 0.855.